The third-order valence-electron chi connectivity index (χ3n) is 3.53. The van der Waals surface area contributed by atoms with E-state index in [9.17, 15) is 9.59 Å². The fourth-order valence-electron chi connectivity index (χ4n) is 2.29. The maximum absolute atomic E-state index is 12.2. The van der Waals surface area contributed by atoms with Crippen LogP contribution < -0.4 is 14.8 Å². The van der Waals surface area contributed by atoms with Gasteiger partial charge >= 0.3 is 5.97 Å². The Labute approximate surface area is 153 Å². The van der Waals surface area contributed by atoms with Gasteiger partial charge in [-0.1, -0.05) is 18.2 Å². The van der Waals surface area contributed by atoms with E-state index in [2.05, 4.69) is 5.32 Å². The Morgan fingerprint density at radius 2 is 1.65 bits per heavy atom. The predicted molar refractivity (Wildman–Crippen MR) is 98.9 cm³/mol. The molecule has 0 aromatic heterocycles. The van der Waals surface area contributed by atoms with Gasteiger partial charge in [0.1, 0.15) is 0 Å². The first-order valence-corrected chi connectivity index (χ1v) is 8.47. The molecular weight excluding hydrogens is 334 g/mol. The molecule has 0 unspecified atom stereocenters. The van der Waals surface area contributed by atoms with Crippen molar-refractivity contribution in [1.29, 1.82) is 0 Å². The highest BCUT2D eigenvalue weighted by atomic mass is 16.5. The quantitative estimate of drug-likeness (QED) is 0.731. The lowest BCUT2D eigenvalue weighted by atomic mass is 10.2. The molecule has 2 aromatic rings. The standard InChI is InChI=1S/C20H23NO5/c1-4-24-17-11-10-15(12-18(17)25-5-2)20(23)26-13-19(22)21-16-9-7-6-8-14(16)3/h6-12H,4-5,13H2,1-3H3,(H,21,22). The average Bonchev–Trinajstić information content (AvgIpc) is 2.63. The van der Waals surface area contributed by atoms with Crippen LogP contribution in [0.25, 0.3) is 0 Å². The summed E-state index contributed by atoms with van der Waals surface area (Å²) in [6.07, 6.45) is 0. The van der Waals surface area contributed by atoms with Crippen molar-refractivity contribution in [2.24, 2.45) is 0 Å². The van der Waals surface area contributed by atoms with E-state index in [-0.39, 0.29) is 6.61 Å². The molecule has 0 saturated carbocycles. The minimum Gasteiger partial charge on any atom is -0.490 e. The number of amides is 1. The lowest BCUT2D eigenvalue weighted by molar-refractivity contribution is -0.119. The summed E-state index contributed by atoms with van der Waals surface area (Å²) in [6, 6.07) is 12.2. The maximum Gasteiger partial charge on any atom is 0.338 e. The van der Waals surface area contributed by atoms with Crippen molar-refractivity contribution < 1.29 is 23.8 Å². The number of ether oxygens (including phenoxy) is 3. The zero-order valence-electron chi connectivity index (χ0n) is 15.2. The molecule has 1 amide bonds. The van der Waals surface area contributed by atoms with Crippen molar-refractivity contribution in [2.75, 3.05) is 25.1 Å². The summed E-state index contributed by atoms with van der Waals surface area (Å²) >= 11 is 0. The summed E-state index contributed by atoms with van der Waals surface area (Å²) in [5.74, 6) is 0.0221. The highest BCUT2D eigenvalue weighted by molar-refractivity contribution is 5.96. The maximum atomic E-state index is 12.2. The Hall–Kier alpha value is -3.02. The monoisotopic (exact) mass is 357 g/mol. The molecule has 0 aliphatic heterocycles. The van der Waals surface area contributed by atoms with Crippen LogP contribution in [0.3, 0.4) is 0 Å². The van der Waals surface area contributed by atoms with Gasteiger partial charge in [-0.15, -0.1) is 0 Å². The molecule has 0 saturated heterocycles. The molecule has 6 heteroatoms. The number of aryl methyl sites for hydroxylation is 1. The predicted octanol–water partition coefficient (Wildman–Crippen LogP) is 3.59. The molecule has 0 heterocycles. The first-order chi connectivity index (χ1) is 12.5. The summed E-state index contributed by atoms with van der Waals surface area (Å²) in [4.78, 5) is 24.2. The zero-order chi connectivity index (χ0) is 18.9. The SMILES string of the molecule is CCOc1ccc(C(=O)OCC(=O)Nc2ccccc2C)cc1OCC. The summed E-state index contributed by atoms with van der Waals surface area (Å²) in [7, 11) is 0. The summed E-state index contributed by atoms with van der Waals surface area (Å²) in [5.41, 5.74) is 1.91. The Bertz CT molecular complexity index is 773. The van der Waals surface area contributed by atoms with Crippen LogP contribution in [-0.4, -0.2) is 31.7 Å². The third-order valence-corrected chi connectivity index (χ3v) is 3.53. The molecule has 2 aromatic carbocycles. The van der Waals surface area contributed by atoms with Gasteiger partial charge in [-0.3, -0.25) is 4.79 Å². The van der Waals surface area contributed by atoms with Crippen molar-refractivity contribution in [3.63, 3.8) is 0 Å². The average molecular weight is 357 g/mol. The van der Waals surface area contributed by atoms with Crippen LogP contribution >= 0.6 is 0 Å². The molecule has 0 spiro atoms. The molecule has 26 heavy (non-hydrogen) atoms. The highest BCUT2D eigenvalue weighted by Crippen LogP contribution is 2.28. The normalized spacial score (nSPS) is 10.1. The van der Waals surface area contributed by atoms with Gasteiger partial charge in [-0.05, 0) is 50.6 Å². The zero-order valence-corrected chi connectivity index (χ0v) is 15.2. The molecule has 1 N–H and O–H groups in total. The molecule has 0 aliphatic rings. The number of hydrogen-bond acceptors (Lipinski definition) is 5. The molecule has 2 rings (SSSR count). The van der Waals surface area contributed by atoms with E-state index >= 15 is 0 Å². The van der Waals surface area contributed by atoms with Crippen LogP contribution in [0, 0.1) is 6.92 Å². The second kappa shape index (κ2) is 9.46. The van der Waals surface area contributed by atoms with E-state index < -0.39 is 11.9 Å². The smallest absolute Gasteiger partial charge is 0.338 e. The molecule has 0 atom stereocenters. The van der Waals surface area contributed by atoms with Crippen LogP contribution in [-0.2, 0) is 9.53 Å². The van der Waals surface area contributed by atoms with Crippen LogP contribution in [0.1, 0.15) is 29.8 Å². The molecule has 0 aliphatic carbocycles. The van der Waals surface area contributed by atoms with Crippen molar-refractivity contribution in [1.82, 2.24) is 0 Å². The van der Waals surface area contributed by atoms with E-state index in [1.54, 1.807) is 24.3 Å². The van der Waals surface area contributed by atoms with Crippen molar-refractivity contribution in [3.05, 3.63) is 53.6 Å². The number of hydrogen-bond donors (Lipinski definition) is 1. The summed E-state index contributed by atoms with van der Waals surface area (Å²) in [5, 5.41) is 2.71. The van der Waals surface area contributed by atoms with Gasteiger partial charge in [0.15, 0.2) is 18.1 Å². The Kier molecular flexibility index (Phi) is 7.02. The van der Waals surface area contributed by atoms with E-state index in [1.165, 1.54) is 0 Å². The molecule has 138 valence electrons. The molecular formula is C20H23NO5. The fourth-order valence-corrected chi connectivity index (χ4v) is 2.29. The van der Waals surface area contributed by atoms with Crippen LogP contribution in [0.2, 0.25) is 0 Å². The molecule has 0 fully saturated rings. The summed E-state index contributed by atoms with van der Waals surface area (Å²) in [6.45, 7) is 6.16. The van der Waals surface area contributed by atoms with Gasteiger partial charge in [-0.25, -0.2) is 4.79 Å². The minimum absolute atomic E-state index is 0.292. The number of benzene rings is 2. The molecule has 0 radical (unpaired) electrons. The van der Waals surface area contributed by atoms with Gasteiger partial charge in [0.2, 0.25) is 0 Å². The first-order valence-electron chi connectivity index (χ1n) is 8.47. The summed E-state index contributed by atoms with van der Waals surface area (Å²) < 4.78 is 16.0. The van der Waals surface area contributed by atoms with Gasteiger partial charge < -0.3 is 19.5 Å². The van der Waals surface area contributed by atoms with E-state index in [4.69, 9.17) is 14.2 Å². The number of carbonyl (C=O) groups is 2. The first kappa shape index (κ1) is 19.3. The van der Waals surface area contributed by atoms with Crippen molar-refractivity contribution in [2.45, 2.75) is 20.8 Å². The van der Waals surface area contributed by atoms with Gasteiger partial charge in [0.25, 0.3) is 5.91 Å². The Morgan fingerprint density at radius 3 is 2.35 bits per heavy atom. The topological polar surface area (TPSA) is 73.9 Å². The van der Waals surface area contributed by atoms with Crippen LogP contribution in [0.4, 0.5) is 5.69 Å². The van der Waals surface area contributed by atoms with Crippen LogP contribution in [0.5, 0.6) is 11.5 Å². The van der Waals surface area contributed by atoms with E-state index in [0.717, 1.165) is 5.56 Å². The van der Waals surface area contributed by atoms with Gasteiger partial charge in [0.05, 0.1) is 18.8 Å². The lowest BCUT2D eigenvalue weighted by Gasteiger charge is -2.12. The number of nitrogens with one attached hydrogen (secondary N) is 1. The highest BCUT2D eigenvalue weighted by Gasteiger charge is 2.14. The Balaban J connectivity index is 1.97. The van der Waals surface area contributed by atoms with Gasteiger partial charge in [-0.2, -0.15) is 0 Å². The number of anilines is 1. The van der Waals surface area contributed by atoms with Crippen LogP contribution in [0.15, 0.2) is 42.5 Å². The number of esters is 1. The molecule has 0 bridgehead atoms. The second-order valence-electron chi connectivity index (χ2n) is 5.47. The van der Waals surface area contributed by atoms with E-state index in [1.807, 2.05) is 39.0 Å². The minimum atomic E-state index is -0.603. The van der Waals surface area contributed by atoms with E-state index in [0.29, 0.717) is 36.0 Å². The number of carbonyl (C=O) groups excluding carboxylic acids is 2. The van der Waals surface area contributed by atoms with Crippen molar-refractivity contribution in [3.8, 4) is 11.5 Å². The largest absolute Gasteiger partial charge is 0.490 e. The number of rotatable bonds is 8. The van der Waals surface area contributed by atoms with Crippen molar-refractivity contribution >= 4 is 17.6 Å². The molecule has 6 nitrogen and oxygen atoms in total. The third kappa shape index (κ3) is 5.24. The fraction of sp³-hybridized carbons (Fsp3) is 0.300. The Morgan fingerprint density at radius 1 is 0.962 bits per heavy atom. The van der Waals surface area contributed by atoms with Gasteiger partial charge in [0, 0.05) is 5.69 Å². The number of para-hydroxylation sites is 1. The second-order valence-corrected chi connectivity index (χ2v) is 5.47. The lowest BCUT2D eigenvalue weighted by Crippen LogP contribution is -2.21.